The van der Waals surface area contributed by atoms with E-state index in [0.29, 0.717) is 21.1 Å². The first-order valence-electron chi connectivity index (χ1n) is 9.14. The largest absolute Gasteiger partial charge is 0.349 e. The highest BCUT2D eigenvalue weighted by Crippen LogP contribution is 2.33. The van der Waals surface area contributed by atoms with Crippen molar-refractivity contribution in [1.29, 1.82) is 0 Å². The smallest absolute Gasteiger partial charge is 0.266 e. The van der Waals surface area contributed by atoms with Crippen LogP contribution in [0.3, 0.4) is 0 Å². The fourth-order valence-corrected chi connectivity index (χ4v) is 3.77. The molecule has 0 bridgehead atoms. The second-order valence-corrected chi connectivity index (χ2v) is 8.19. The number of carbonyl (C=O) groups is 3. The van der Waals surface area contributed by atoms with E-state index in [9.17, 15) is 14.4 Å². The van der Waals surface area contributed by atoms with Crippen LogP contribution in [0.5, 0.6) is 0 Å². The standard InChI is InChI=1S/C20H21N3O3S/c1-11-10-16(23-18(24)12-6-7-12)27-17(11)20(26)22-15-5-3-2-4-14(15)19(25)21-13-8-9-13/h2-5,10,12-13H,6-9H2,1H3,(H,21,25)(H,22,26)(H,23,24). The van der Waals surface area contributed by atoms with Crippen LogP contribution in [0, 0.1) is 12.8 Å². The Bertz CT molecular complexity index is 913. The zero-order chi connectivity index (χ0) is 19.0. The Morgan fingerprint density at radius 1 is 1.00 bits per heavy atom. The second kappa shape index (κ2) is 7.15. The van der Waals surface area contributed by atoms with Crippen molar-refractivity contribution in [2.45, 2.75) is 38.6 Å². The Balaban J connectivity index is 1.48. The number of amides is 3. The average Bonchev–Trinajstić information content (AvgIpc) is 3.54. The summed E-state index contributed by atoms with van der Waals surface area (Å²) < 4.78 is 0. The van der Waals surface area contributed by atoms with E-state index in [2.05, 4.69) is 16.0 Å². The lowest BCUT2D eigenvalue weighted by atomic mass is 10.1. The Kier molecular flexibility index (Phi) is 4.70. The number of aryl methyl sites for hydroxylation is 1. The lowest BCUT2D eigenvalue weighted by molar-refractivity contribution is -0.117. The minimum Gasteiger partial charge on any atom is -0.349 e. The predicted molar refractivity (Wildman–Crippen MR) is 105 cm³/mol. The number of thiophene rings is 1. The maximum atomic E-state index is 12.7. The highest BCUT2D eigenvalue weighted by molar-refractivity contribution is 7.18. The summed E-state index contributed by atoms with van der Waals surface area (Å²) in [4.78, 5) is 37.6. The Morgan fingerprint density at radius 3 is 2.44 bits per heavy atom. The van der Waals surface area contributed by atoms with Crippen LogP contribution in [0.2, 0.25) is 0 Å². The number of anilines is 2. The number of nitrogens with one attached hydrogen (secondary N) is 3. The number of hydrogen-bond donors (Lipinski definition) is 3. The van der Waals surface area contributed by atoms with Crippen molar-refractivity contribution in [3.05, 3.63) is 46.3 Å². The van der Waals surface area contributed by atoms with Crippen LogP contribution < -0.4 is 16.0 Å². The number of para-hydroxylation sites is 1. The first kappa shape index (κ1) is 17.7. The molecule has 1 aromatic heterocycles. The molecule has 3 N–H and O–H groups in total. The van der Waals surface area contributed by atoms with Gasteiger partial charge in [-0.2, -0.15) is 0 Å². The molecule has 1 aromatic carbocycles. The molecule has 2 aliphatic carbocycles. The molecule has 140 valence electrons. The molecule has 2 aromatic rings. The van der Waals surface area contributed by atoms with Crippen LogP contribution in [0.1, 0.15) is 51.3 Å². The lowest BCUT2D eigenvalue weighted by Gasteiger charge is -2.11. The fraction of sp³-hybridized carbons (Fsp3) is 0.350. The summed E-state index contributed by atoms with van der Waals surface area (Å²) in [5.74, 6) is -0.323. The number of benzene rings is 1. The third-order valence-electron chi connectivity index (χ3n) is 4.65. The summed E-state index contributed by atoms with van der Waals surface area (Å²) >= 11 is 1.25. The van der Waals surface area contributed by atoms with Crippen LogP contribution in [-0.2, 0) is 4.79 Å². The predicted octanol–water partition coefficient (Wildman–Crippen LogP) is 3.55. The zero-order valence-electron chi connectivity index (χ0n) is 15.0. The summed E-state index contributed by atoms with van der Waals surface area (Å²) in [6.45, 7) is 1.84. The second-order valence-electron chi connectivity index (χ2n) is 7.13. The highest BCUT2D eigenvalue weighted by Gasteiger charge is 2.30. The van der Waals surface area contributed by atoms with Crippen molar-refractivity contribution in [1.82, 2.24) is 5.32 Å². The van der Waals surface area contributed by atoms with E-state index < -0.39 is 0 Å². The normalized spacial score (nSPS) is 15.9. The molecule has 0 unspecified atom stereocenters. The maximum Gasteiger partial charge on any atom is 0.266 e. The van der Waals surface area contributed by atoms with Gasteiger partial charge in [-0.3, -0.25) is 14.4 Å². The van der Waals surface area contributed by atoms with Gasteiger partial charge in [0.25, 0.3) is 11.8 Å². The average molecular weight is 383 g/mol. The molecule has 0 radical (unpaired) electrons. The van der Waals surface area contributed by atoms with Crippen molar-refractivity contribution in [2.75, 3.05) is 10.6 Å². The molecule has 2 saturated carbocycles. The summed E-state index contributed by atoms with van der Waals surface area (Å²) in [5.41, 5.74) is 1.73. The monoisotopic (exact) mass is 383 g/mol. The molecular formula is C20H21N3O3S. The first-order valence-corrected chi connectivity index (χ1v) is 9.95. The van der Waals surface area contributed by atoms with Gasteiger partial charge in [-0.05, 0) is 56.4 Å². The van der Waals surface area contributed by atoms with E-state index in [-0.39, 0.29) is 29.7 Å². The molecule has 27 heavy (non-hydrogen) atoms. The summed E-state index contributed by atoms with van der Waals surface area (Å²) in [5, 5.41) is 9.34. The van der Waals surface area contributed by atoms with E-state index in [1.54, 1.807) is 24.3 Å². The molecule has 2 fully saturated rings. The van der Waals surface area contributed by atoms with Gasteiger partial charge in [-0.15, -0.1) is 11.3 Å². The molecule has 0 aliphatic heterocycles. The maximum absolute atomic E-state index is 12.7. The summed E-state index contributed by atoms with van der Waals surface area (Å²) in [6.07, 6.45) is 3.88. The topological polar surface area (TPSA) is 87.3 Å². The molecule has 4 rings (SSSR count). The van der Waals surface area contributed by atoms with Crippen LogP contribution in [-0.4, -0.2) is 23.8 Å². The van der Waals surface area contributed by atoms with Gasteiger partial charge in [0, 0.05) is 12.0 Å². The van der Waals surface area contributed by atoms with E-state index >= 15 is 0 Å². The third kappa shape index (κ3) is 4.19. The van der Waals surface area contributed by atoms with E-state index in [1.807, 2.05) is 13.0 Å². The minimum absolute atomic E-state index is 0.0188. The van der Waals surface area contributed by atoms with Crippen LogP contribution in [0.15, 0.2) is 30.3 Å². The number of hydrogen-bond acceptors (Lipinski definition) is 4. The zero-order valence-corrected chi connectivity index (χ0v) is 15.8. The molecule has 0 spiro atoms. The summed E-state index contributed by atoms with van der Waals surface area (Å²) in [7, 11) is 0. The van der Waals surface area contributed by atoms with Gasteiger partial charge in [0.15, 0.2) is 0 Å². The van der Waals surface area contributed by atoms with Crippen LogP contribution >= 0.6 is 11.3 Å². The van der Waals surface area contributed by atoms with Crippen molar-refractivity contribution in [2.24, 2.45) is 5.92 Å². The number of rotatable bonds is 6. The van der Waals surface area contributed by atoms with Crippen molar-refractivity contribution >= 4 is 39.7 Å². The molecule has 0 atom stereocenters. The van der Waals surface area contributed by atoms with Crippen molar-refractivity contribution in [3.63, 3.8) is 0 Å². The Labute approximate surface area is 161 Å². The highest BCUT2D eigenvalue weighted by atomic mass is 32.1. The van der Waals surface area contributed by atoms with Gasteiger partial charge in [0.1, 0.15) is 0 Å². The molecule has 6 nitrogen and oxygen atoms in total. The molecule has 7 heteroatoms. The van der Waals surface area contributed by atoms with Gasteiger partial charge in [-0.1, -0.05) is 12.1 Å². The van der Waals surface area contributed by atoms with Crippen molar-refractivity contribution < 1.29 is 14.4 Å². The molecule has 0 saturated heterocycles. The fourth-order valence-electron chi connectivity index (χ4n) is 2.80. The van der Waals surface area contributed by atoms with Gasteiger partial charge in [0.2, 0.25) is 5.91 Å². The molecule has 3 amide bonds. The van der Waals surface area contributed by atoms with Crippen molar-refractivity contribution in [3.8, 4) is 0 Å². The number of carbonyl (C=O) groups excluding carboxylic acids is 3. The lowest BCUT2D eigenvalue weighted by Crippen LogP contribution is -2.26. The molecule has 2 aliphatic rings. The van der Waals surface area contributed by atoms with Gasteiger partial charge in [-0.25, -0.2) is 0 Å². The van der Waals surface area contributed by atoms with E-state index in [1.165, 1.54) is 11.3 Å². The SMILES string of the molecule is Cc1cc(NC(=O)C2CC2)sc1C(=O)Nc1ccccc1C(=O)NC1CC1. The Morgan fingerprint density at radius 2 is 1.74 bits per heavy atom. The molecular weight excluding hydrogens is 362 g/mol. The van der Waals surface area contributed by atoms with Gasteiger partial charge < -0.3 is 16.0 Å². The Hall–Kier alpha value is -2.67. The first-order chi connectivity index (χ1) is 13.0. The molecule has 1 heterocycles. The van der Waals surface area contributed by atoms with E-state index in [0.717, 1.165) is 31.2 Å². The van der Waals surface area contributed by atoms with Crippen LogP contribution in [0.25, 0.3) is 0 Å². The van der Waals surface area contributed by atoms with Gasteiger partial charge >= 0.3 is 0 Å². The minimum atomic E-state index is -0.281. The van der Waals surface area contributed by atoms with Crippen LogP contribution in [0.4, 0.5) is 10.7 Å². The van der Waals surface area contributed by atoms with E-state index in [4.69, 9.17) is 0 Å². The third-order valence-corrected chi connectivity index (χ3v) is 5.80. The van der Waals surface area contributed by atoms with Gasteiger partial charge in [0.05, 0.1) is 21.1 Å². The quantitative estimate of drug-likeness (QED) is 0.713. The summed E-state index contributed by atoms with van der Waals surface area (Å²) in [6, 6.07) is 9.05.